The molecule has 35 heavy (non-hydrogen) atoms. The number of hydrogen-bond acceptors (Lipinski definition) is 6. The van der Waals surface area contributed by atoms with Crippen LogP contribution in [-0.2, 0) is 4.79 Å². The second kappa shape index (κ2) is 9.93. The fourth-order valence-electron chi connectivity index (χ4n) is 3.38. The summed E-state index contributed by atoms with van der Waals surface area (Å²) in [5.74, 6) is 0.373. The Labute approximate surface area is 201 Å². The van der Waals surface area contributed by atoms with Crippen molar-refractivity contribution in [1.29, 1.82) is 5.26 Å². The Morgan fingerprint density at radius 1 is 1.06 bits per heavy atom. The Kier molecular flexibility index (Phi) is 6.60. The summed E-state index contributed by atoms with van der Waals surface area (Å²) >= 11 is 0. The molecule has 0 unspecified atom stereocenters. The van der Waals surface area contributed by atoms with Crippen molar-refractivity contribution >= 4 is 23.3 Å². The number of aryl methyl sites for hydroxylation is 2. The van der Waals surface area contributed by atoms with Crippen LogP contribution < -0.4 is 20.3 Å². The summed E-state index contributed by atoms with van der Waals surface area (Å²) in [6.45, 7) is 3.75. The van der Waals surface area contributed by atoms with Gasteiger partial charge in [0.2, 0.25) is 5.88 Å². The predicted octanol–water partition coefficient (Wildman–Crippen LogP) is 4.66. The highest BCUT2D eigenvalue weighted by atomic mass is 16.5. The average molecular weight is 466 g/mol. The molecule has 174 valence electrons. The van der Waals surface area contributed by atoms with Gasteiger partial charge in [-0.2, -0.15) is 10.2 Å². The molecule has 0 bridgehead atoms. The highest BCUT2D eigenvalue weighted by Gasteiger charge is 2.18. The number of aromatic nitrogens is 2. The number of carbonyl (C=O) groups is 1. The zero-order chi connectivity index (χ0) is 24.9. The smallest absolute Gasteiger partial charge is 0.269 e. The van der Waals surface area contributed by atoms with Gasteiger partial charge in [0, 0.05) is 11.9 Å². The number of fused-ring (bicyclic) bond motifs is 1. The first-order valence-electron chi connectivity index (χ1n) is 10.7. The molecule has 0 fully saturated rings. The van der Waals surface area contributed by atoms with Gasteiger partial charge in [0.05, 0.1) is 7.11 Å². The summed E-state index contributed by atoms with van der Waals surface area (Å²) in [5.41, 5.74) is 1.96. The first kappa shape index (κ1) is 23.3. The zero-order valence-corrected chi connectivity index (χ0v) is 19.4. The molecular formula is C27H22N4O4. The Hall–Kier alpha value is -4.90. The summed E-state index contributed by atoms with van der Waals surface area (Å²) < 4.78 is 12.5. The second-order valence-electron chi connectivity index (χ2n) is 7.79. The van der Waals surface area contributed by atoms with Crippen molar-refractivity contribution in [1.82, 2.24) is 9.38 Å². The van der Waals surface area contributed by atoms with Crippen LogP contribution in [0, 0.1) is 25.2 Å². The van der Waals surface area contributed by atoms with Gasteiger partial charge in [-0.25, -0.2) is 0 Å². The SMILES string of the molecule is COc1ccc(Oc2nc3c(C)cccn3c(=O)c2C=C(C#N)C(=O)Nc2ccc(C)cc2)cc1. The minimum atomic E-state index is -0.652. The molecule has 0 aliphatic carbocycles. The van der Waals surface area contributed by atoms with Crippen molar-refractivity contribution < 1.29 is 14.3 Å². The fraction of sp³-hybridized carbons (Fsp3) is 0.111. The van der Waals surface area contributed by atoms with E-state index in [1.54, 1.807) is 55.8 Å². The number of hydrogen-bond donors (Lipinski definition) is 1. The molecule has 2 aromatic heterocycles. The van der Waals surface area contributed by atoms with Crippen molar-refractivity contribution in [2.75, 3.05) is 12.4 Å². The van der Waals surface area contributed by atoms with Gasteiger partial charge in [-0.15, -0.1) is 0 Å². The summed E-state index contributed by atoms with van der Waals surface area (Å²) in [6, 6.07) is 19.3. The maximum absolute atomic E-state index is 13.4. The van der Waals surface area contributed by atoms with Gasteiger partial charge in [0.25, 0.3) is 11.5 Å². The van der Waals surface area contributed by atoms with Crippen molar-refractivity contribution in [2.24, 2.45) is 0 Å². The van der Waals surface area contributed by atoms with Crippen LogP contribution >= 0.6 is 0 Å². The van der Waals surface area contributed by atoms with Gasteiger partial charge in [-0.1, -0.05) is 23.8 Å². The molecule has 0 saturated heterocycles. The van der Waals surface area contributed by atoms with Crippen LogP contribution in [0.4, 0.5) is 5.69 Å². The van der Waals surface area contributed by atoms with Crippen molar-refractivity contribution in [3.63, 3.8) is 0 Å². The highest BCUT2D eigenvalue weighted by Crippen LogP contribution is 2.26. The summed E-state index contributed by atoms with van der Waals surface area (Å²) in [5, 5.41) is 12.4. The van der Waals surface area contributed by atoms with E-state index in [1.807, 2.05) is 38.1 Å². The number of anilines is 1. The molecule has 8 nitrogen and oxygen atoms in total. The van der Waals surface area contributed by atoms with E-state index >= 15 is 0 Å². The molecule has 1 amide bonds. The lowest BCUT2D eigenvalue weighted by atomic mass is 10.1. The van der Waals surface area contributed by atoms with Crippen LogP contribution in [0.2, 0.25) is 0 Å². The topological polar surface area (TPSA) is 106 Å². The molecule has 0 radical (unpaired) electrons. The number of nitriles is 1. The third-order valence-corrected chi connectivity index (χ3v) is 5.29. The van der Waals surface area contributed by atoms with Crippen molar-refractivity contribution in [3.8, 4) is 23.4 Å². The summed E-state index contributed by atoms with van der Waals surface area (Å²) in [4.78, 5) is 30.8. The van der Waals surface area contributed by atoms with Crippen molar-refractivity contribution in [3.05, 3.63) is 99.5 Å². The largest absolute Gasteiger partial charge is 0.497 e. The normalized spacial score (nSPS) is 11.1. The number of rotatable bonds is 6. The molecule has 1 N–H and O–H groups in total. The number of benzene rings is 2. The lowest BCUT2D eigenvalue weighted by Crippen LogP contribution is -2.20. The monoisotopic (exact) mass is 466 g/mol. The molecule has 2 heterocycles. The van der Waals surface area contributed by atoms with Crippen LogP contribution in [0.3, 0.4) is 0 Å². The second-order valence-corrected chi connectivity index (χ2v) is 7.79. The van der Waals surface area contributed by atoms with Gasteiger partial charge < -0.3 is 14.8 Å². The standard InChI is InChI=1S/C27H22N4O4/c1-17-6-8-20(9-7-17)29-25(32)19(16-28)15-23-26(35-22-12-10-21(34-3)11-13-22)30-24-18(2)5-4-14-31(24)27(23)33/h4-15H,1-3H3,(H,29,32). The highest BCUT2D eigenvalue weighted by molar-refractivity contribution is 6.09. The maximum atomic E-state index is 13.4. The van der Waals surface area contributed by atoms with Crippen LogP contribution in [0.15, 0.2) is 77.2 Å². The van der Waals surface area contributed by atoms with Gasteiger partial charge in [-0.3, -0.25) is 14.0 Å². The van der Waals surface area contributed by atoms with E-state index in [0.717, 1.165) is 11.1 Å². The fourth-order valence-corrected chi connectivity index (χ4v) is 3.38. The number of pyridine rings is 1. The molecular weight excluding hydrogens is 444 g/mol. The van der Waals surface area contributed by atoms with E-state index in [1.165, 1.54) is 10.5 Å². The van der Waals surface area contributed by atoms with Crippen LogP contribution in [0.1, 0.15) is 16.7 Å². The van der Waals surface area contributed by atoms with E-state index in [-0.39, 0.29) is 17.0 Å². The van der Waals surface area contributed by atoms with Crippen LogP contribution in [0.25, 0.3) is 11.7 Å². The zero-order valence-electron chi connectivity index (χ0n) is 19.4. The van der Waals surface area contributed by atoms with E-state index in [0.29, 0.717) is 22.8 Å². The van der Waals surface area contributed by atoms with E-state index in [4.69, 9.17) is 9.47 Å². The first-order chi connectivity index (χ1) is 16.9. The quantitative estimate of drug-likeness (QED) is 0.327. The van der Waals surface area contributed by atoms with Gasteiger partial charge in [0.1, 0.15) is 34.4 Å². The number of nitrogens with zero attached hydrogens (tertiary/aromatic N) is 3. The molecule has 8 heteroatoms. The van der Waals surface area contributed by atoms with Crippen LogP contribution in [0.5, 0.6) is 17.4 Å². The maximum Gasteiger partial charge on any atom is 0.269 e. The van der Waals surface area contributed by atoms with Crippen molar-refractivity contribution in [2.45, 2.75) is 13.8 Å². The minimum absolute atomic E-state index is 0.0228. The Balaban J connectivity index is 1.80. The van der Waals surface area contributed by atoms with E-state index in [9.17, 15) is 14.9 Å². The lowest BCUT2D eigenvalue weighted by Gasteiger charge is -2.12. The summed E-state index contributed by atoms with van der Waals surface area (Å²) in [7, 11) is 1.55. The van der Waals surface area contributed by atoms with Gasteiger partial charge >= 0.3 is 0 Å². The number of carbonyl (C=O) groups excluding carboxylic acids is 1. The Morgan fingerprint density at radius 3 is 2.40 bits per heavy atom. The third-order valence-electron chi connectivity index (χ3n) is 5.29. The van der Waals surface area contributed by atoms with Gasteiger partial charge in [0.15, 0.2) is 0 Å². The average Bonchev–Trinajstić information content (AvgIpc) is 2.86. The molecule has 2 aromatic carbocycles. The molecule has 0 aliphatic heterocycles. The molecule has 4 aromatic rings. The third kappa shape index (κ3) is 5.04. The molecule has 0 aliphatic rings. The molecule has 0 spiro atoms. The molecule has 4 rings (SSSR count). The summed E-state index contributed by atoms with van der Waals surface area (Å²) in [6.07, 6.45) is 2.77. The Bertz CT molecular complexity index is 1530. The number of ether oxygens (including phenoxy) is 2. The number of amides is 1. The van der Waals surface area contributed by atoms with Crippen LogP contribution in [-0.4, -0.2) is 22.4 Å². The first-order valence-corrected chi connectivity index (χ1v) is 10.7. The predicted molar refractivity (Wildman–Crippen MR) is 133 cm³/mol. The number of nitrogens with one attached hydrogen (secondary N) is 1. The molecule has 0 saturated carbocycles. The van der Waals surface area contributed by atoms with Gasteiger partial charge in [-0.05, 0) is 68.0 Å². The van der Waals surface area contributed by atoms with E-state index in [2.05, 4.69) is 10.3 Å². The van der Waals surface area contributed by atoms with E-state index < -0.39 is 11.5 Å². The Morgan fingerprint density at radius 2 is 1.74 bits per heavy atom. The molecule has 0 atom stereocenters. The lowest BCUT2D eigenvalue weighted by molar-refractivity contribution is -0.112. The number of methoxy groups -OCH3 is 1. The minimum Gasteiger partial charge on any atom is -0.497 e.